The minimum absolute atomic E-state index is 0.162. The van der Waals surface area contributed by atoms with Crippen molar-refractivity contribution in [1.29, 1.82) is 5.26 Å². The van der Waals surface area contributed by atoms with Gasteiger partial charge in [0.15, 0.2) is 0 Å². The molecule has 0 bridgehead atoms. The molecule has 1 aromatic carbocycles. The molecule has 0 spiro atoms. The maximum atomic E-state index is 9.37. The quantitative estimate of drug-likeness (QED) is 0.811. The Kier molecular flexibility index (Phi) is 4.19. The summed E-state index contributed by atoms with van der Waals surface area (Å²) in [5.41, 5.74) is 2.21. The molecule has 1 saturated heterocycles. The van der Waals surface area contributed by atoms with Crippen molar-refractivity contribution in [2.75, 3.05) is 45.3 Å². The molecule has 1 heterocycles. The van der Waals surface area contributed by atoms with E-state index in [9.17, 15) is 5.26 Å². The second-order valence-corrected chi connectivity index (χ2v) is 4.67. The fourth-order valence-electron chi connectivity index (χ4n) is 2.16. The van der Waals surface area contributed by atoms with Crippen molar-refractivity contribution in [3.8, 4) is 6.07 Å². The summed E-state index contributed by atoms with van der Waals surface area (Å²) in [5, 5.41) is 9.37. The highest BCUT2D eigenvalue weighted by molar-refractivity contribution is 5.47. The van der Waals surface area contributed by atoms with Crippen molar-refractivity contribution in [3.05, 3.63) is 29.8 Å². The molecule has 0 N–H and O–H groups in total. The number of nitrogens with zero attached hydrogens (tertiary/aromatic N) is 3. The monoisotopic (exact) mass is 245 g/mol. The van der Waals surface area contributed by atoms with E-state index in [-0.39, 0.29) is 6.04 Å². The van der Waals surface area contributed by atoms with E-state index in [1.165, 1.54) is 0 Å². The Morgan fingerprint density at radius 2 is 1.83 bits per heavy atom. The van der Waals surface area contributed by atoms with Crippen LogP contribution < -0.4 is 4.90 Å². The van der Waals surface area contributed by atoms with Crippen LogP contribution in [0, 0.1) is 11.3 Å². The van der Waals surface area contributed by atoms with Gasteiger partial charge >= 0.3 is 0 Å². The normalized spacial score (nSPS) is 18.1. The van der Waals surface area contributed by atoms with Crippen molar-refractivity contribution in [3.63, 3.8) is 0 Å². The minimum Gasteiger partial charge on any atom is -0.379 e. The third-order valence-corrected chi connectivity index (χ3v) is 3.26. The van der Waals surface area contributed by atoms with E-state index in [0.717, 1.165) is 24.3 Å². The van der Waals surface area contributed by atoms with Gasteiger partial charge in [0.25, 0.3) is 0 Å². The van der Waals surface area contributed by atoms with Crippen molar-refractivity contribution < 1.29 is 4.74 Å². The Labute approximate surface area is 108 Å². The zero-order valence-electron chi connectivity index (χ0n) is 11.0. The molecule has 1 aromatic rings. The Hall–Kier alpha value is -1.57. The van der Waals surface area contributed by atoms with Gasteiger partial charge in [-0.1, -0.05) is 12.1 Å². The number of morpholine rings is 1. The first kappa shape index (κ1) is 12.9. The Morgan fingerprint density at radius 1 is 1.22 bits per heavy atom. The second-order valence-electron chi connectivity index (χ2n) is 4.67. The molecular formula is C14H19N3O. The van der Waals surface area contributed by atoms with Crippen LogP contribution in [0.25, 0.3) is 0 Å². The van der Waals surface area contributed by atoms with Crippen LogP contribution in [-0.2, 0) is 4.74 Å². The zero-order valence-corrected chi connectivity index (χ0v) is 11.0. The van der Waals surface area contributed by atoms with Crippen molar-refractivity contribution in [2.45, 2.75) is 6.04 Å². The molecule has 0 saturated carbocycles. The number of hydrogen-bond acceptors (Lipinski definition) is 4. The average Bonchev–Trinajstić information content (AvgIpc) is 2.41. The van der Waals surface area contributed by atoms with Gasteiger partial charge in [0, 0.05) is 32.9 Å². The van der Waals surface area contributed by atoms with Crippen LogP contribution in [0.2, 0.25) is 0 Å². The third-order valence-electron chi connectivity index (χ3n) is 3.26. The molecule has 1 unspecified atom stereocenters. The lowest BCUT2D eigenvalue weighted by Crippen LogP contribution is -2.38. The molecule has 0 radical (unpaired) electrons. The summed E-state index contributed by atoms with van der Waals surface area (Å²) in [6.07, 6.45) is 0. The van der Waals surface area contributed by atoms with Gasteiger partial charge in [-0.05, 0) is 17.7 Å². The van der Waals surface area contributed by atoms with Gasteiger partial charge in [-0.15, -0.1) is 0 Å². The number of hydrogen-bond donors (Lipinski definition) is 0. The second kappa shape index (κ2) is 5.85. The van der Waals surface area contributed by atoms with E-state index in [0.29, 0.717) is 13.2 Å². The highest BCUT2D eigenvalue weighted by atomic mass is 16.5. The van der Waals surface area contributed by atoms with E-state index in [1.54, 1.807) is 0 Å². The van der Waals surface area contributed by atoms with Crippen molar-refractivity contribution >= 4 is 5.69 Å². The van der Waals surface area contributed by atoms with Gasteiger partial charge in [0.05, 0.1) is 19.3 Å². The first-order chi connectivity index (χ1) is 8.72. The van der Waals surface area contributed by atoms with Gasteiger partial charge in [0.2, 0.25) is 0 Å². The number of benzene rings is 1. The molecule has 4 heteroatoms. The van der Waals surface area contributed by atoms with Gasteiger partial charge in [-0.3, -0.25) is 4.90 Å². The van der Waals surface area contributed by atoms with Crippen LogP contribution in [0.15, 0.2) is 24.3 Å². The summed E-state index contributed by atoms with van der Waals surface area (Å²) < 4.78 is 5.32. The van der Waals surface area contributed by atoms with Crippen molar-refractivity contribution in [1.82, 2.24) is 4.90 Å². The molecule has 1 atom stereocenters. The van der Waals surface area contributed by atoms with Crippen LogP contribution in [0.5, 0.6) is 0 Å². The molecule has 2 rings (SSSR count). The summed E-state index contributed by atoms with van der Waals surface area (Å²) in [6, 6.07) is 10.4. The molecule has 1 aliphatic heterocycles. The third kappa shape index (κ3) is 2.81. The van der Waals surface area contributed by atoms with Crippen LogP contribution in [-0.4, -0.2) is 45.3 Å². The SMILES string of the molecule is CN(C)c1ccc(C(C#N)N2CCOCC2)cc1. The number of nitriles is 1. The fourth-order valence-corrected chi connectivity index (χ4v) is 2.16. The Bertz CT molecular complexity index is 416. The highest BCUT2D eigenvalue weighted by Gasteiger charge is 2.22. The van der Waals surface area contributed by atoms with Crippen LogP contribution in [0.4, 0.5) is 5.69 Å². The molecule has 96 valence electrons. The standard InChI is InChI=1S/C14H19N3O/c1-16(2)13-5-3-12(4-6-13)14(11-15)17-7-9-18-10-8-17/h3-6,14H,7-10H2,1-2H3. The average molecular weight is 245 g/mol. The predicted molar refractivity (Wildman–Crippen MR) is 71.5 cm³/mol. The van der Waals surface area contributed by atoms with Crippen LogP contribution >= 0.6 is 0 Å². The Morgan fingerprint density at radius 3 is 2.33 bits per heavy atom. The minimum atomic E-state index is -0.162. The molecule has 0 amide bonds. The van der Waals surface area contributed by atoms with E-state index in [1.807, 2.05) is 26.2 Å². The summed E-state index contributed by atoms with van der Waals surface area (Å²) in [7, 11) is 4.03. The number of ether oxygens (including phenoxy) is 1. The maximum Gasteiger partial charge on any atom is 0.124 e. The predicted octanol–water partition coefficient (Wildman–Crippen LogP) is 1.65. The first-order valence-corrected chi connectivity index (χ1v) is 6.21. The van der Waals surface area contributed by atoms with E-state index < -0.39 is 0 Å². The summed E-state index contributed by atoms with van der Waals surface area (Å²) >= 11 is 0. The topological polar surface area (TPSA) is 39.5 Å². The fraction of sp³-hybridized carbons (Fsp3) is 0.500. The van der Waals surface area contributed by atoms with Crippen LogP contribution in [0.3, 0.4) is 0 Å². The number of rotatable bonds is 3. The summed E-state index contributed by atoms with van der Waals surface area (Å²) in [6.45, 7) is 3.09. The lowest BCUT2D eigenvalue weighted by molar-refractivity contribution is 0.0266. The molecule has 18 heavy (non-hydrogen) atoms. The Balaban J connectivity index is 2.14. The smallest absolute Gasteiger partial charge is 0.124 e. The summed E-state index contributed by atoms with van der Waals surface area (Å²) in [4.78, 5) is 4.23. The largest absolute Gasteiger partial charge is 0.379 e. The van der Waals surface area contributed by atoms with E-state index in [4.69, 9.17) is 4.74 Å². The first-order valence-electron chi connectivity index (χ1n) is 6.21. The molecule has 4 nitrogen and oxygen atoms in total. The maximum absolute atomic E-state index is 9.37. The van der Waals surface area contributed by atoms with E-state index in [2.05, 4.69) is 28.0 Å². The highest BCUT2D eigenvalue weighted by Crippen LogP contribution is 2.23. The molecule has 0 aliphatic carbocycles. The van der Waals surface area contributed by atoms with Gasteiger partial charge in [-0.2, -0.15) is 5.26 Å². The summed E-state index contributed by atoms with van der Waals surface area (Å²) in [5.74, 6) is 0. The molecule has 1 fully saturated rings. The van der Waals surface area contributed by atoms with Crippen molar-refractivity contribution in [2.24, 2.45) is 0 Å². The number of anilines is 1. The van der Waals surface area contributed by atoms with Gasteiger partial charge < -0.3 is 9.64 Å². The van der Waals surface area contributed by atoms with Crippen LogP contribution in [0.1, 0.15) is 11.6 Å². The molecule has 0 aromatic heterocycles. The molecular weight excluding hydrogens is 226 g/mol. The lowest BCUT2D eigenvalue weighted by atomic mass is 10.1. The lowest BCUT2D eigenvalue weighted by Gasteiger charge is -2.30. The zero-order chi connectivity index (χ0) is 13.0. The molecule has 1 aliphatic rings. The van der Waals surface area contributed by atoms with Gasteiger partial charge in [0.1, 0.15) is 6.04 Å². The van der Waals surface area contributed by atoms with Gasteiger partial charge in [-0.25, -0.2) is 0 Å². The van der Waals surface area contributed by atoms with E-state index >= 15 is 0 Å².